The fraction of sp³-hybridized carbons (Fsp3) is 0.562. The Morgan fingerprint density at radius 1 is 1.30 bits per heavy atom. The van der Waals surface area contributed by atoms with E-state index in [9.17, 15) is 4.79 Å². The summed E-state index contributed by atoms with van der Waals surface area (Å²) < 4.78 is 5.03. The summed E-state index contributed by atoms with van der Waals surface area (Å²) in [5.74, 6) is 0.111. The Bertz CT molecular complexity index is 393. The smallest absolute Gasteiger partial charge is 0.239 e. The van der Waals surface area contributed by atoms with Crippen molar-refractivity contribution in [3.05, 3.63) is 35.9 Å². The average Bonchev–Trinajstić information content (AvgIpc) is 2.44. The predicted molar refractivity (Wildman–Crippen MR) is 81.7 cm³/mol. The first-order valence-electron chi connectivity index (χ1n) is 7.08. The lowest BCUT2D eigenvalue weighted by Crippen LogP contribution is -2.49. The van der Waals surface area contributed by atoms with Crippen LogP contribution in [0.4, 0.5) is 0 Å². The number of hydrogen-bond acceptors (Lipinski definition) is 3. The summed E-state index contributed by atoms with van der Waals surface area (Å²) in [5, 5.41) is 3.35. The maximum Gasteiger partial charge on any atom is 0.239 e. The number of likely N-dealkylation sites (N-methyl/N-ethyl adjacent to an activating group) is 1. The van der Waals surface area contributed by atoms with E-state index < -0.39 is 0 Å². The highest BCUT2D eigenvalue weighted by molar-refractivity contribution is 5.82. The van der Waals surface area contributed by atoms with Crippen LogP contribution in [-0.4, -0.2) is 50.2 Å². The van der Waals surface area contributed by atoms with Crippen molar-refractivity contribution < 1.29 is 9.53 Å². The van der Waals surface area contributed by atoms with E-state index in [0.717, 1.165) is 0 Å². The quantitative estimate of drug-likeness (QED) is 0.787. The highest BCUT2D eigenvalue weighted by Crippen LogP contribution is 2.06. The molecule has 0 saturated heterocycles. The average molecular weight is 278 g/mol. The Balaban J connectivity index is 2.70. The van der Waals surface area contributed by atoms with Crippen molar-refractivity contribution in [3.8, 4) is 0 Å². The van der Waals surface area contributed by atoms with Crippen LogP contribution < -0.4 is 5.32 Å². The fourth-order valence-electron chi connectivity index (χ4n) is 2.07. The van der Waals surface area contributed by atoms with E-state index in [0.29, 0.717) is 19.6 Å². The molecule has 1 N–H and O–H groups in total. The number of carbonyl (C=O) groups excluding carboxylic acids is 1. The third kappa shape index (κ3) is 5.72. The molecule has 1 rings (SSSR count). The van der Waals surface area contributed by atoms with Gasteiger partial charge in [0.25, 0.3) is 0 Å². The molecule has 0 aliphatic heterocycles. The predicted octanol–water partition coefficient (Wildman–Crippen LogP) is 1.70. The van der Waals surface area contributed by atoms with Crippen molar-refractivity contribution in [2.45, 2.75) is 32.4 Å². The Kier molecular flexibility index (Phi) is 7.26. The van der Waals surface area contributed by atoms with Gasteiger partial charge >= 0.3 is 0 Å². The summed E-state index contributed by atoms with van der Waals surface area (Å²) in [6.07, 6.45) is 0.704. The minimum atomic E-state index is -0.195. The molecule has 0 spiro atoms. The third-order valence-corrected chi connectivity index (χ3v) is 3.12. The van der Waals surface area contributed by atoms with Gasteiger partial charge in [-0.15, -0.1) is 0 Å². The molecule has 0 saturated carbocycles. The molecule has 0 unspecified atom stereocenters. The molecule has 0 aliphatic carbocycles. The van der Waals surface area contributed by atoms with Crippen LogP contribution in [0, 0.1) is 0 Å². The van der Waals surface area contributed by atoms with Gasteiger partial charge in [0, 0.05) is 26.7 Å². The molecule has 0 aromatic heterocycles. The number of ether oxygens (including phenoxy) is 1. The Hall–Kier alpha value is -1.39. The highest BCUT2D eigenvalue weighted by Gasteiger charge is 2.22. The van der Waals surface area contributed by atoms with Gasteiger partial charge in [0.1, 0.15) is 0 Å². The third-order valence-electron chi connectivity index (χ3n) is 3.12. The zero-order chi connectivity index (χ0) is 15.0. The summed E-state index contributed by atoms with van der Waals surface area (Å²) in [6.45, 7) is 5.28. The normalized spacial score (nSPS) is 12.4. The zero-order valence-corrected chi connectivity index (χ0v) is 12.9. The number of amides is 1. The van der Waals surface area contributed by atoms with Crippen LogP contribution in [0.15, 0.2) is 30.3 Å². The molecule has 112 valence electrons. The number of benzene rings is 1. The van der Waals surface area contributed by atoms with Gasteiger partial charge in [-0.05, 0) is 12.0 Å². The topological polar surface area (TPSA) is 41.6 Å². The van der Waals surface area contributed by atoms with Crippen LogP contribution in [0.3, 0.4) is 0 Å². The van der Waals surface area contributed by atoms with Gasteiger partial charge in [-0.1, -0.05) is 44.2 Å². The first-order valence-corrected chi connectivity index (χ1v) is 7.08. The second kappa shape index (κ2) is 8.72. The Morgan fingerprint density at radius 2 is 1.95 bits per heavy atom. The van der Waals surface area contributed by atoms with Gasteiger partial charge in [0.2, 0.25) is 5.91 Å². The number of carbonyl (C=O) groups is 1. The van der Waals surface area contributed by atoms with E-state index in [4.69, 9.17) is 4.74 Å². The van der Waals surface area contributed by atoms with E-state index >= 15 is 0 Å². The van der Waals surface area contributed by atoms with Crippen molar-refractivity contribution in [1.29, 1.82) is 0 Å². The minimum absolute atomic E-state index is 0.111. The SMILES string of the molecule is COCCN(C)C(=O)[C@H](Cc1ccccc1)NC(C)C. The number of nitrogens with one attached hydrogen (secondary N) is 1. The largest absolute Gasteiger partial charge is 0.383 e. The molecular weight excluding hydrogens is 252 g/mol. The fourth-order valence-corrected chi connectivity index (χ4v) is 2.07. The second-order valence-electron chi connectivity index (χ2n) is 5.32. The molecule has 1 atom stereocenters. The monoisotopic (exact) mass is 278 g/mol. The van der Waals surface area contributed by atoms with E-state index in [1.807, 2.05) is 25.2 Å². The van der Waals surface area contributed by atoms with Crippen molar-refractivity contribution in [2.24, 2.45) is 0 Å². The van der Waals surface area contributed by atoms with Crippen LogP contribution in [0.5, 0.6) is 0 Å². The molecular formula is C16H26N2O2. The van der Waals surface area contributed by atoms with Gasteiger partial charge in [-0.2, -0.15) is 0 Å². The number of methoxy groups -OCH3 is 1. The van der Waals surface area contributed by atoms with Crippen LogP contribution in [0.1, 0.15) is 19.4 Å². The van der Waals surface area contributed by atoms with E-state index in [-0.39, 0.29) is 18.0 Å². The lowest BCUT2D eigenvalue weighted by Gasteiger charge is -2.26. The maximum absolute atomic E-state index is 12.5. The van der Waals surface area contributed by atoms with E-state index in [1.54, 1.807) is 12.0 Å². The Morgan fingerprint density at radius 3 is 2.50 bits per heavy atom. The molecule has 0 heterocycles. The Labute approximate surface area is 122 Å². The molecule has 0 bridgehead atoms. The zero-order valence-electron chi connectivity index (χ0n) is 12.9. The number of hydrogen-bond donors (Lipinski definition) is 1. The summed E-state index contributed by atoms with van der Waals surface area (Å²) in [6, 6.07) is 10.2. The van der Waals surface area contributed by atoms with E-state index in [2.05, 4.69) is 31.3 Å². The summed E-state index contributed by atoms with van der Waals surface area (Å²) in [7, 11) is 3.47. The van der Waals surface area contributed by atoms with Crippen molar-refractivity contribution >= 4 is 5.91 Å². The summed E-state index contributed by atoms with van der Waals surface area (Å²) in [5.41, 5.74) is 1.17. The molecule has 1 aromatic carbocycles. The first-order chi connectivity index (χ1) is 9.54. The van der Waals surface area contributed by atoms with Gasteiger partial charge in [-0.3, -0.25) is 4.79 Å². The van der Waals surface area contributed by atoms with Crippen LogP contribution >= 0.6 is 0 Å². The molecule has 0 radical (unpaired) electrons. The molecule has 20 heavy (non-hydrogen) atoms. The van der Waals surface area contributed by atoms with Gasteiger partial charge in [0.15, 0.2) is 0 Å². The molecule has 4 nitrogen and oxygen atoms in total. The van der Waals surface area contributed by atoms with Gasteiger partial charge < -0.3 is 15.0 Å². The van der Waals surface area contributed by atoms with Crippen LogP contribution in [0.2, 0.25) is 0 Å². The lowest BCUT2D eigenvalue weighted by molar-refractivity contribution is -0.132. The van der Waals surface area contributed by atoms with Crippen LogP contribution in [-0.2, 0) is 16.0 Å². The number of nitrogens with zero attached hydrogens (tertiary/aromatic N) is 1. The molecule has 4 heteroatoms. The minimum Gasteiger partial charge on any atom is -0.383 e. The molecule has 0 fully saturated rings. The molecule has 1 amide bonds. The van der Waals surface area contributed by atoms with Crippen LogP contribution in [0.25, 0.3) is 0 Å². The highest BCUT2D eigenvalue weighted by atomic mass is 16.5. The summed E-state index contributed by atoms with van der Waals surface area (Å²) in [4.78, 5) is 14.2. The molecule has 1 aromatic rings. The molecule has 0 aliphatic rings. The standard InChI is InChI=1S/C16H26N2O2/c1-13(2)17-15(12-14-8-6-5-7-9-14)16(19)18(3)10-11-20-4/h5-9,13,15,17H,10-12H2,1-4H3/t15-/m0/s1. The van der Waals surface area contributed by atoms with Gasteiger partial charge in [-0.25, -0.2) is 0 Å². The van der Waals surface area contributed by atoms with Crippen molar-refractivity contribution in [3.63, 3.8) is 0 Å². The number of rotatable bonds is 8. The van der Waals surface area contributed by atoms with Crippen molar-refractivity contribution in [2.75, 3.05) is 27.3 Å². The second-order valence-corrected chi connectivity index (χ2v) is 5.32. The van der Waals surface area contributed by atoms with E-state index in [1.165, 1.54) is 5.56 Å². The van der Waals surface area contributed by atoms with Gasteiger partial charge in [0.05, 0.1) is 12.6 Å². The van der Waals surface area contributed by atoms with Crippen molar-refractivity contribution in [1.82, 2.24) is 10.2 Å². The summed E-state index contributed by atoms with van der Waals surface area (Å²) >= 11 is 0. The first kappa shape index (κ1) is 16.7. The maximum atomic E-state index is 12.5. The lowest BCUT2D eigenvalue weighted by atomic mass is 10.0.